The summed E-state index contributed by atoms with van der Waals surface area (Å²) in [5, 5.41) is 2.87. The number of hydrogen-bond acceptors (Lipinski definition) is 6. The lowest BCUT2D eigenvalue weighted by molar-refractivity contribution is -0.128. The lowest BCUT2D eigenvalue weighted by atomic mass is 10.0. The van der Waals surface area contributed by atoms with E-state index >= 15 is 0 Å². The smallest absolute Gasteiger partial charge is 0.242 e. The van der Waals surface area contributed by atoms with Gasteiger partial charge in [0.05, 0.1) is 31.6 Å². The van der Waals surface area contributed by atoms with Gasteiger partial charge in [-0.15, -0.1) is 0 Å². The van der Waals surface area contributed by atoms with Crippen molar-refractivity contribution in [3.8, 4) is 5.75 Å². The Morgan fingerprint density at radius 1 is 1.16 bits per heavy atom. The molecule has 170 valence electrons. The minimum absolute atomic E-state index is 0.0380. The Kier molecular flexibility index (Phi) is 8.30. The van der Waals surface area contributed by atoms with Crippen LogP contribution in [0.15, 0.2) is 53.5 Å². The molecule has 2 amide bonds. The molecule has 0 spiro atoms. The minimum atomic E-state index is -0.546. The normalized spacial score (nSPS) is 17.3. The molecule has 1 atom stereocenters. The zero-order valence-electron chi connectivity index (χ0n) is 18.8. The number of carbonyl (C=O) groups excluding carboxylic acids is 2. The van der Waals surface area contributed by atoms with E-state index in [1.807, 2.05) is 36.4 Å². The molecule has 0 bridgehead atoms. The van der Waals surface area contributed by atoms with Gasteiger partial charge in [-0.2, -0.15) is 0 Å². The Balaban J connectivity index is 1.74. The van der Waals surface area contributed by atoms with Gasteiger partial charge >= 0.3 is 0 Å². The van der Waals surface area contributed by atoms with Gasteiger partial charge in [0.2, 0.25) is 11.8 Å². The Morgan fingerprint density at radius 2 is 1.88 bits per heavy atom. The van der Waals surface area contributed by atoms with Gasteiger partial charge in [0, 0.05) is 13.5 Å². The number of amides is 2. The highest BCUT2D eigenvalue weighted by atomic mass is 32.2. The molecule has 32 heavy (non-hydrogen) atoms. The van der Waals surface area contributed by atoms with Crippen molar-refractivity contribution in [2.45, 2.75) is 31.4 Å². The number of hydrogen-bond donors (Lipinski definition) is 1. The third-order valence-electron chi connectivity index (χ3n) is 5.08. The highest BCUT2D eigenvalue weighted by Crippen LogP contribution is 2.32. The van der Waals surface area contributed by atoms with Gasteiger partial charge in [-0.1, -0.05) is 49.9 Å². The molecule has 8 heteroatoms. The fourth-order valence-electron chi connectivity index (χ4n) is 3.28. The lowest BCUT2D eigenvalue weighted by Gasteiger charge is -2.16. The molecular weight excluding hydrogens is 426 g/mol. The average molecular weight is 456 g/mol. The van der Waals surface area contributed by atoms with Crippen LogP contribution < -0.4 is 10.1 Å². The van der Waals surface area contributed by atoms with Crippen LogP contribution in [0.4, 0.5) is 11.4 Å². The van der Waals surface area contributed by atoms with Crippen LogP contribution in [0.3, 0.4) is 0 Å². The SMILES string of the molecule is COCCN1C(=O)C(CC(=O)Nc2ccccc2OC)SC1=Nc1ccc(C(C)C)cc1. The number of anilines is 1. The molecule has 1 saturated heterocycles. The van der Waals surface area contributed by atoms with Crippen LogP contribution in [0.2, 0.25) is 0 Å². The molecule has 0 radical (unpaired) electrons. The predicted octanol–water partition coefficient (Wildman–Crippen LogP) is 4.43. The van der Waals surface area contributed by atoms with Crippen LogP contribution in [-0.4, -0.2) is 54.5 Å². The van der Waals surface area contributed by atoms with E-state index < -0.39 is 5.25 Å². The fraction of sp³-hybridized carbons (Fsp3) is 0.375. The number of nitrogens with zero attached hydrogens (tertiary/aromatic N) is 2. The van der Waals surface area contributed by atoms with Crippen LogP contribution in [-0.2, 0) is 14.3 Å². The molecule has 2 aromatic carbocycles. The van der Waals surface area contributed by atoms with Crippen LogP contribution >= 0.6 is 11.8 Å². The van der Waals surface area contributed by atoms with Crippen LogP contribution in [0.1, 0.15) is 31.7 Å². The van der Waals surface area contributed by atoms with Crippen molar-refractivity contribution in [1.29, 1.82) is 0 Å². The minimum Gasteiger partial charge on any atom is -0.495 e. The lowest BCUT2D eigenvalue weighted by Crippen LogP contribution is -2.35. The molecule has 3 rings (SSSR count). The van der Waals surface area contributed by atoms with E-state index in [1.54, 1.807) is 31.3 Å². The molecule has 1 aliphatic heterocycles. The van der Waals surface area contributed by atoms with Crippen molar-refractivity contribution >= 4 is 40.1 Å². The van der Waals surface area contributed by atoms with Crippen molar-refractivity contribution in [1.82, 2.24) is 4.90 Å². The molecule has 2 aromatic rings. The topological polar surface area (TPSA) is 80.2 Å². The summed E-state index contributed by atoms with van der Waals surface area (Å²) < 4.78 is 10.4. The molecule has 1 aliphatic rings. The summed E-state index contributed by atoms with van der Waals surface area (Å²) in [6, 6.07) is 15.2. The highest BCUT2D eigenvalue weighted by molar-refractivity contribution is 8.15. The second-order valence-corrected chi connectivity index (χ2v) is 8.85. The first kappa shape index (κ1) is 23.8. The standard InChI is InChI=1S/C24H29N3O4S/c1-16(2)17-9-11-18(12-10-17)25-24-27(13-14-30-3)23(29)21(32-24)15-22(28)26-19-7-5-6-8-20(19)31-4/h5-12,16,21H,13-15H2,1-4H3,(H,26,28). The monoisotopic (exact) mass is 455 g/mol. The Labute approximate surface area is 193 Å². The van der Waals surface area contributed by atoms with Crippen LogP contribution in [0.5, 0.6) is 5.75 Å². The van der Waals surface area contributed by atoms with Crippen molar-refractivity contribution in [2.24, 2.45) is 4.99 Å². The van der Waals surface area contributed by atoms with Gasteiger partial charge in [-0.25, -0.2) is 4.99 Å². The van der Waals surface area contributed by atoms with Gasteiger partial charge < -0.3 is 14.8 Å². The van der Waals surface area contributed by atoms with Crippen LogP contribution in [0.25, 0.3) is 0 Å². The number of thioether (sulfide) groups is 1. The van der Waals surface area contributed by atoms with E-state index in [0.717, 1.165) is 5.69 Å². The first-order valence-corrected chi connectivity index (χ1v) is 11.4. The molecule has 1 N–H and O–H groups in total. The quantitative estimate of drug-likeness (QED) is 0.605. The number of nitrogens with one attached hydrogen (secondary N) is 1. The average Bonchev–Trinajstić information content (AvgIpc) is 3.06. The number of aliphatic imine (C=N–C) groups is 1. The second kappa shape index (κ2) is 11.2. The Hall–Kier alpha value is -2.84. The third-order valence-corrected chi connectivity index (χ3v) is 6.25. The molecule has 0 saturated carbocycles. The maximum atomic E-state index is 13.0. The zero-order chi connectivity index (χ0) is 23.1. The first-order valence-electron chi connectivity index (χ1n) is 10.5. The third kappa shape index (κ3) is 5.89. The van der Waals surface area contributed by atoms with E-state index in [0.29, 0.717) is 35.7 Å². The first-order chi connectivity index (χ1) is 15.4. The Bertz CT molecular complexity index is 975. The number of amidine groups is 1. The van der Waals surface area contributed by atoms with Crippen molar-refractivity contribution in [3.05, 3.63) is 54.1 Å². The highest BCUT2D eigenvalue weighted by Gasteiger charge is 2.39. The number of carbonyl (C=O) groups is 2. The van der Waals surface area contributed by atoms with Gasteiger partial charge in [0.1, 0.15) is 11.0 Å². The molecule has 1 fully saturated rings. The second-order valence-electron chi connectivity index (χ2n) is 7.68. The van der Waals surface area contributed by atoms with Crippen molar-refractivity contribution in [3.63, 3.8) is 0 Å². The van der Waals surface area contributed by atoms with Gasteiger partial charge in [0.15, 0.2) is 5.17 Å². The summed E-state index contributed by atoms with van der Waals surface area (Å²) in [6.07, 6.45) is 0.0380. The van der Waals surface area contributed by atoms with E-state index in [-0.39, 0.29) is 18.2 Å². The van der Waals surface area contributed by atoms with E-state index in [2.05, 4.69) is 24.2 Å². The van der Waals surface area contributed by atoms with E-state index in [1.165, 1.54) is 17.3 Å². The predicted molar refractivity (Wildman–Crippen MR) is 129 cm³/mol. The number of para-hydroxylation sites is 2. The summed E-state index contributed by atoms with van der Waals surface area (Å²) in [6.45, 7) is 5.05. The largest absolute Gasteiger partial charge is 0.495 e. The number of benzene rings is 2. The fourth-order valence-corrected chi connectivity index (χ4v) is 4.46. The maximum Gasteiger partial charge on any atom is 0.242 e. The van der Waals surface area contributed by atoms with Crippen molar-refractivity contribution < 1.29 is 19.1 Å². The number of ether oxygens (including phenoxy) is 2. The molecule has 0 aliphatic carbocycles. The summed E-state index contributed by atoms with van der Waals surface area (Å²) in [5.41, 5.74) is 2.57. The summed E-state index contributed by atoms with van der Waals surface area (Å²) >= 11 is 1.31. The van der Waals surface area contributed by atoms with Gasteiger partial charge in [0.25, 0.3) is 0 Å². The van der Waals surface area contributed by atoms with Gasteiger partial charge in [-0.3, -0.25) is 14.5 Å². The molecule has 0 aromatic heterocycles. The van der Waals surface area contributed by atoms with E-state index in [4.69, 9.17) is 9.47 Å². The van der Waals surface area contributed by atoms with Crippen molar-refractivity contribution in [2.75, 3.05) is 32.7 Å². The summed E-state index contributed by atoms with van der Waals surface area (Å²) in [7, 11) is 3.14. The molecule has 1 heterocycles. The molecule has 7 nitrogen and oxygen atoms in total. The molecular formula is C24H29N3O4S. The van der Waals surface area contributed by atoms with Gasteiger partial charge in [-0.05, 0) is 35.7 Å². The Morgan fingerprint density at radius 3 is 2.53 bits per heavy atom. The van der Waals surface area contributed by atoms with Crippen LogP contribution in [0, 0.1) is 0 Å². The summed E-state index contributed by atoms with van der Waals surface area (Å²) in [5.74, 6) is 0.609. The number of rotatable bonds is 9. The molecule has 1 unspecified atom stereocenters. The van der Waals surface area contributed by atoms with E-state index in [9.17, 15) is 9.59 Å². The zero-order valence-corrected chi connectivity index (χ0v) is 19.6. The summed E-state index contributed by atoms with van der Waals surface area (Å²) in [4.78, 5) is 32.0. The number of methoxy groups -OCH3 is 2. The maximum absolute atomic E-state index is 13.0.